The first kappa shape index (κ1) is 14.4. The van der Waals surface area contributed by atoms with Gasteiger partial charge in [-0.05, 0) is 50.3 Å². The minimum atomic E-state index is -0.928. The predicted molar refractivity (Wildman–Crippen MR) is 75.9 cm³/mol. The van der Waals surface area contributed by atoms with Crippen molar-refractivity contribution in [3.8, 4) is 0 Å². The van der Waals surface area contributed by atoms with E-state index in [0.717, 1.165) is 18.4 Å². The number of hydrogen-bond donors (Lipinski definition) is 3. The molecule has 0 aliphatic heterocycles. The molecule has 0 saturated heterocycles. The first-order chi connectivity index (χ1) is 9.48. The molecular weight excluding hydrogens is 256 g/mol. The van der Waals surface area contributed by atoms with Gasteiger partial charge in [-0.2, -0.15) is 0 Å². The molecular formula is C15H20N2O3. The molecule has 1 saturated carbocycles. The third-order valence-corrected chi connectivity index (χ3v) is 3.77. The van der Waals surface area contributed by atoms with Crippen LogP contribution in [0.3, 0.4) is 0 Å². The third-order valence-electron chi connectivity index (χ3n) is 3.77. The summed E-state index contributed by atoms with van der Waals surface area (Å²) in [4.78, 5) is 22.4. The van der Waals surface area contributed by atoms with Crippen molar-refractivity contribution in [2.24, 2.45) is 0 Å². The Morgan fingerprint density at radius 2 is 1.90 bits per heavy atom. The van der Waals surface area contributed by atoms with Gasteiger partial charge in [-0.1, -0.05) is 12.1 Å². The molecule has 1 aliphatic carbocycles. The second kappa shape index (κ2) is 5.94. The fourth-order valence-electron chi connectivity index (χ4n) is 2.28. The van der Waals surface area contributed by atoms with Gasteiger partial charge in [-0.25, -0.2) is 9.59 Å². The number of amides is 2. The van der Waals surface area contributed by atoms with Gasteiger partial charge in [0.15, 0.2) is 0 Å². The minimum absolute atomic E-state index is 0.0345. The Labute approximate surface area is 118 Å². The van der Waals surface area contributed by atoms with Crippen LogP contribution in [0, 0.1) is 0 Å². The predicted octanol–water partition coefficient (Wildman–Crippen LogP) is 2.17. The van der Waals surface area contributed by atoms with E-state index in [-0.39, 0.29) is 17.1 Å². The first-order valence-corrected chi connectivity index (χ1v) is 6.87. The molecule has 1 aromatic carbocycles. The van der Waals surface area contributed by atoms with Crippen molar-refractivity contribution in [2.45, 2.75) is 38.1 Å². The highest BCUT2D eigenvalue weighted by atomic mass is 16.4. The number of carbonyl (C=O) groups is 2. The largest absolute Gasteiger partial charge is 0.478 e. The van der Waals surface area contributed by atoms with Gasteiger partial charge in [0, 0.05) is 12.1 Å². The molecule has 0 bridgehead atoms. The van der Waals surface area contributed by atoms with Gasteiger partial charge in [0.1, 0.15) is 0 Å². The summed E-state index contributed by atoms with van der Waals surface area (Å²) in [5.74, 6) is -0.928. The van der Waals surface area contributed by atoms with Crippen LogP contribution < -0.4 is 10.6 Å². The van der Waals surface area contributed by atoms with E-state index in [4.69, 9.17) is 5.11 Å². The Balaban J connectivity index is 1.72. The van der Waals surface area contributed by atoms with Crippen molar-refractivity contribution in [1.82, 2.24) is 10.6 Å². The Morgan fingerprint density at radius 3 is 2.40 bits per heavy atom. The Hall–Kier alpha value is -2.04. The van der Waals surface area contributed by atoms with E-state index in [1.807, 2.05) is 0 Å². The van der Waals surface area contributed by atoms with Gasteiger partial charge in [0.05, 0.1) is 5.56 Å². The lowest BCUT2D eigenvalue weighted by Gasteiger charge is -2.39. The zero-order chi connectivity index (χ0) is 14.6. The van der Waals surface area contributed by atoms with Gasteiger partial charge in [-0.3, -0.25) is 0 Å². The Bertz CT molecular complexity index is 492. The number of carbonyl (C=O) groups excluding carboxylic acids is 1. The summed E-state index contributed by atoms with van der Waals surface area (Å²) >= 11 is 0. The molecule has 20 heavy (non-hydrogen) atoms. The molecule has 108 valence electrons. The van der Waals surface area contributed by atoms with E-state index in [9.17, 15) is 9.59 Å². The highest BCUT2D eigenvalue weighted by Gasteiger charge is 2.32. The molecule has 0 unspecified atom stereocenters. The standard InChI is InChI=1S/C15H20N2O3/c1-15(8-2-9-15)17-14(20)16-10-7-11-3-5-12(6-4-11)13(18)19/h3-6H,2,7-10H2,1H3,(H,18,19)(H2,16,17,20). The highest BCUT2D eigenvalue weighted by Crippen LogP contribution is 2.30. The molecule has 3 N–H and O–H groups in total. The summed E-state index contributed by atoms with van der Waals surface area (Å²) in [6.45, 7) is 2.59. The van der Waals surface area contributed by atoms with Crippen LogP contribution in [0.25, 0.3) is 0 Å². The molecule has 0 atom stereocenters. The minimum Gasteiger partial charge on any atom is -0.478 e. The topological polar surface area (TPSA) is 78.4 Å². The van der Waals surface area contributed by atoms with Gasteiger partial charge in [0.2, 0.25) is 0 Å². The summed E-state index contributed by atoms with van der Waals surface area (Å²) < 4.78 is 0. The summed E-state index contributed by atoms with van der Waals surface area (Å²) in [5.41, 5.74) is 1.25. The van der Waals surface area contributed by atoms with Crippen LogP contribution in [0.15, 0.2) is 24.3 Å². The average Bonchev–Trinajstić information content (AvgIpc) is 2.37. The van der Waals surface area contributed by atoms with Gasteiger partial charge < -0.3 is 15.7 Å². The van der Waals surface area contributed by atoms with Gasteiger partial charge in [-0.15, -0.1) is 0 Å². The highest BCUT2D eigenvalue weighted by molar-refractivity contribution is 5.87. The van der Waals surface area contributed by atoms with Crippen LogP contribution in [0.2, 0.25) is 0 Å². The molecule has 0 aromatic heterocycles. The lowest BCUT2D eigenvalue weighted by molar-refractivity contribution is 0.0697. The van der Waals surface area contributed by atoms with Crippen LogP contribution >= 0.6 is 0 Å². The molecule has 0 radical (unpaired) electrons. The van der Waals surface area contributed by atoms with E-state index in [1.165, 1.54) is 6.42 Å². The van der Waals surface area contributed by atoms with E-state index in [2.05, 4.69) is 17.6 Å². The molecule has 2 rings (SSSR count). The van der Waals surface area contributed by atoms with Crippen molar-refractivity contribution in [2.75, 3.05) is 6.54 Å². The molecule has 5 heteroatoms. The maximum absolute atomic E-state index is 11.7. The first-order valence-electron chi connectivity index (χ1n) is 6.87. The molecule has 2 amide bonds. The van der Waals surface area contributed by atoms with Crippen molar-refractivity contribution in [3.63, 3.8) is 0 Å². The molecule has 5 nitrogen and oxygen atoms in total. The summed E-state index contributed by atoms with van der Waals surface area (Å²) in [7, 11) is 0. The monoisotopic (exact) mass is 276 g/mol. The Kier molecular flexibility index (Phi) is 4.27. The second-order valence-electron chi connectivity index (χ2n) is 5.55. The van der Waals surface area contributed by atoms with Crippen LogP contribution in [0.1, 0.15) is 42.1 Å². The second-order valence-corrected chi connectivity index (χ2v) is 5.55. The van der Waals surface area contributed by atoms with E-state index in [1.54, 1.807) is 24.3 Å². The van der Waals surface area contributed by atoms with E-state index in [0.29, 0.717) is 13.0 Å². The summed E-state index contributed by atoms with van der Waals surface area (Å²) in [6.07, 6.45) is 3.94. The molecule has 1 fully saturated rings. The van der Waals surface area contributed by atoms with E-state index >= 15 is 0 Å². The smallest absolute Gasteiger partial charge is 0.335 e. The maximum Gasteiger partial charge on any atom is 0.335 e. The number of benzene rings is 1. The third kappa shape index (κ3) is 3.73. The fraction of sp³-hybridized carbons (Fsp3) is 0.467. The maximum atomic E-state index is 11.7. The summed E-state index contributed by atoms with van der Waals surface area (Å²) in [5, 5.41) is 14.6. The lowest BCUT2D eigenvalue weighted by Crippen LogP contribution is -2.54. The number of nitrogens with one attached hydrogen (secondary N) is 2. The average molecular weight is 276 g/mol. The fourth-order valence-corrected chi connectivity index (χ4v) is 2.28. The molecule has 0 spiro atoms. The quantitative estimate of drug-likeness (QED) is 0.771. The number of carboxylic acid groups (broad SMARTS) is 1. The zero-order valence-corrected chi connectivity index (χ0v) is 11.6. The van der Waals surface area contributed by atoms with Crippen LogP contribution in [-0.2, 0) is 6.42 Å². The Morgan fingerprint density at radius 1 is 1.25 bits per heavy atom. The zero-order valence-electron chi connectivity index (χ0n) is 11.6. The SMILES string of the molecule is CC1(NC(=O)NCCc2ccc(C(=O)O)cc2)CCC1. The van der Waals surface area contributed by atoms with Crippen molar-refractivity contribution < 1.29 is 14.7 Å². The molecule has 0 heterocycles. The van der Waals surface area contributed by atoms with Crippen molar-refractivity contribution in [3.05, 3.63) is 35.4 Å². The van der Waals surface area contributed by atoms with Gasteiger partial charge in [0.25, 0.3) is 0 Å². The molecule has 1 aromatic rings. The van der Waals surface area contributed by atoms with Crippen molar-refractivity contribution in [1.29, 1.82) is 0 Å². The number of hydrogen-bond acceptors (Lipinski definition) is 2. The van der Waals surface area contributed by atoms with Crippen LogP contribution in [-0.4, -0.2) is 29.2 Å². The summed E-state index contributed by atoms with van der Waals surface area (Å²) in [6, 6.07) is 6.57. The van der Waals surface area contributed by atoms with Gasteiger partial charge >= 0.3 is 12.0 Å². The number of rotatable bonds is 5. The van der Waals surface area contributed by atoms with E-state index < -0.39 is 5.97 Å². The van der Waals surface area contributed by atoms with Crippen molar-refractivity contribution >= 4 is 12.0 Å². The van der Waals surface area contributed by atoms with Crippen LogP contribution in [0.4, 0.5) is 4.79 Å². The number of aromatic carboxylic acids is 1. The van der Waals surface area contributed by atoms with Crippen LogP contribution in [0.5, 0.6) is 0 Å². The molecule has 1 aliphatic rings. The number of carboxylic acids is 1. The normalized spacial score (nSPS) is 16.1. The number of urea groups is 1. The lowest BCUT2D eigenvalue weighted by atomic mass is 9.79.